The van der Waals surface area contributed by atoms with Gasteiger partial charge >= 0.3 is 5.97 Å². The number of esters is 1. The Hall–Kier alpha value is -3.55. The maximum absolute atomic E-state index is 12.3. The first-order valence-electron chi connectivity index (χ1n) is 9.76. The van der Waals surface area contributed by atoms with Gasteiger partial charge in [-0.3, -0.25) is 4.79 Å². The van der Waals surface area contributed by atoms with Crippen molar-refractivity contribution in [1.29, 1.82) is 0 Å². The Morgan fingerprint density at radius 2 is 1.76 bits per heavy atom. The van der Waals surface area contributed by atoms with E-state index >= 15 is 0 Å². The summed E-state index contributed by atoms with van der Waals surface area (Å²) in [5.41, 5.74) is 3.40. The number of rotatable bonds is 8. The fraction of sp³-hybridized carbons (Fsp3) is 0.125. The SMILES string of the molecule is COc1ccc(C(=O)Oc2cccc(/C=N\NC(=O)[C@H](C)Oc3ccc(Cl)cc3Cl)c2)cc1. The Labute approximate surface area is 200 Å². The molecule has 0 aromatic heterocycles. The second kappa shape index (κ2) is 11.4. The molecule has 0 radical (unpaired) electrons. The number of benzene rings is 3. The number of hydrogen-bond donors (Lipinski definition) is 1. The summed E-state index contributed by atoms with van der Waals surface area (Å²) in [7, 11) is 1.55. The molecule has 7 nitrogen and oxygen atoms in total. The van der Waals surface area contributed by atoms with E-state index in [1.165, 1.54) is 12.3 Å². The zero-order chi connectivity index (χ0) is 23.8. The predicted molar refractivity (Wildman–Crippen MR) is 127 cm³/mol. The van der Waals surface area contributed by atoms with E-state index in [-0.39, 0.29) is 0 Å². The molecule has 1 amide bonds. The lowest BCUT2D eigenvalue weighted by Crippen LogP contribution is -2.33. The van der Waals surface area contributed by atoms with Crippen molar-refractivity contribution in [3.05, 3.63) is 87.9 Å². The zero-order valence-electron chi connectivity index (χ0n) is 17.7. The molecule has 0 saturated heterocycles. The second-order valence-electron chi connectivity index (χ2n) is 6.76. The summed E-state index contributed by atoms with van der Waals surface area (Å²) in [6, 6.07) is 18.0. The van der Waals surface area contributed by atoms with Crippen LogP contribution in [0.5, 0.6) is 17.2 Å². The summed E-state index contributed by atoms with van der Waals surface area (Å²) in [6.07, 6.45) is 0.572. The van der Waals surface area contributed by atoms with E-state index in [0.29, 0.717) is 38.4 Å². The van der Waals surface area contributed by atoms with Crippen molar-refractivity contribution in [1.82, 2.24) is 5.43 Å². The fourth-order valence-electron chi connectivity index (χ4n) is 2.63. The summed E-state index contributed by atoms with van der Waals surface area (Å²) in [6.45, 7) is 1.56. The van der Waals surface area contributed by atoms with Gasteiger partial charge in [-0.25, -0.2) is 10.2 Å². The molecule has 0 aliphatic heterocycles. The topological polar surface area (TPSA) is 86.2 Å². The first-order valence-corrected chi connectivity index (χ1v) is 10.5. The van der Waals surface area contributed by atoms with E-state index in [1.54, 1.807) is 74.7 Å². The van der Waals surface area contributed by atoms with Crippen molar-refractivity contribution >= 4 is 41.3 Å². The molecule has 0 heterocycles. The highest BCUT2D eigenvalue weighted by molar-refractivity contribution is 6.35. The summed E-state index contributed by atoms with van der Waals surface area (Å²) in [5.74, 6) is 0.327. The van der Waals surface area contributed by atoms with E-state index < -0.39 is 18.0 Å². The first-order chi connectivity index (χ1) is 15.9. The molecule has 0 aliphatic carbocycles. The standard InChI is InChI=1S/C24H20Cl2N2O5/c1-15(32-22-11-8-18(25)13-21(22)26)23(29)28-27-14-16-4-3-5-20(12-16)33-24(30)17-6-9-19(31-2)10-7-17/h3-15H,1-2H3,(H,28,29)/b27-14-/t15-/m0/s1. The Kier molecular flexibility index (Phi) is 8.29. The molecule has 33 heavy (non-hydrogen) atoms. The van der Waals surface area contributed by atoms with E-state index in [2.05, 4.69) is 10.5 Å². The molecular weight excluding hydrogens is 467 g/mol. The number of nitrogens with one attached hydrogen (secondary N) is 1. The molecule has 0 unspecified atom stereocenters. The first kappa shape index (κ1) is 24.1. The molecule has 170 valence electrons. The van der Waals surface area contributed by atoms with Crippen LogP contribution in [0.2, 0.25) is 10.0 Å². The zero-order valence-corrected chi connectivity index (χ0v) is 19.3. The summed E-state index contributed by atoms with van der Waals surface area (Å²) in [4.78, 5) is 24.5. The molecule has 9 heteroatoms. The number of nitrogens with zero attached hydrogens (tertiary/aromatic N) is 1. The van der Waals surface area contributed by atoms with Gasteiger partial charge in [-0.2, -0.15) is 5.10 Å². The van der Waals surface area contributed by atoms with Gasteiger partial charge in [-0.1, -0.05) is 35.3 Å². The third kappa shape index (κ3) is 6.97. The van der Waals surface area contributed by atoms with E-state index in [9.17, 15) is 9.59 Å². The second-order valence-corrected chi connectivity index (χ2v) is 7.60. The molecule has 3 rings (SSSR count). The van der Waals surface area contributed by atoms with Crippen LogP contribution in [-0.4, -0.2) is 31.3 Å². The minimum absolute atomic E-state index is 0.298. The lowest BCUT2D eigenvalue weighted by atomic mass is 10.2. The molecule has 3 aromatic rings. The summed E-state index contributed by atoms with van der Waals surface area (Å²) in [5, 5.41) is 4.69. The van der Waals surface area contributed by atoms with Gasteiger partial charge in [-0.05, 0) is 67.1 Å². The van der Waals surface area contributed by atoms with Crippen molar-refractivity contribution in [2.75, 3.05) is 7.11 Å². The predicted octanol–water partition coefficient (Wildman–Crippen LogP) is 5.14. The monoisotopic (exact) mass is 486 g/mol. The molecule has 0 spiro atoms. The van der Waals surface area contributed by atoms with Crippen molar-refractivity contribution < 1.29 is 23.8 Å². The van der Waals surface area contributed by atoms with Gasteiger partial charge in [0.2, 0.25) is 0 Å². The number of halogens is 2. The van der Waals surface area contributed by atoms with E-state index in [0.717, 1.165) is 0 Å². The number of carbonyl (C=O) groups is 2. The van der Waals surface area contributed by atoms with Crippen LogP contribution >= 0.6 is 23.2 Å². The van der Waals surface area contributed by atoms with Crippen LogP contribution in [0.4, 0.5) is 0 Å². The number of amides is 1. The van der Waals surface area contributed by atoms with Crippen LogP contribution in [0, 0.1) is 0 Å². The lowest BCUT2D eigenvalue weighted by molar-refractivity contribution is -0.127. The van der Waals surface area contributed by atoms with Gasteiger partial charge in [-0.15, -0.1) is 0 Å². The van der Waals surface area contributed by atoms with Crippen LogP contribution < -0.4 is 19.6 Å². The number of hydrogen-bond acceptors (Lipinski definition) is 6. The third-order valence-electron chi connectivity index (χ3n) is 4.35. The van der Waals surface area contributed by atoms with Crippen LogP contribution in [0.25, 0.3) is 0 Å². The van der Waals surface area contributed by atoms with E-state index in [4.69, 9.17) is 37.4 Å². The number of carbonyl (C=O) groups excluding carboxylic acids is 2. The maximum Gasteiger partial charge on any atom is 0.343 e. The third-order valence-corrected chi connectivity index (χ3v) is 4.88. The molecule has 1 N–H and O–H groups in total. The molecule has 0 saturated carbocycles. The fourth-order valence-corrected chi connectivity index (χ4v) is 3.08. The van der Waals surface area contributed by atoms with Crippen LogP contribution in [0.3, 0.4) is 0 Å². The molecule has 0 bridgehead atoms. The number of methoxy groups -OCH3 is 1. The van der Waals surface area contributed by atoms with Crippen molar-refractivity contribution in [3.8, 4) is 17.2 Å². The quantitative estimate of drug-likeness (QED) is 0.206. The van der Waals surface area contributed by atoms with Gasteiger partial charge in [0.1, 0.15) is 17.2 Å². The Morgan fingerprint density at radius 3 is 2.45 bits per heavy atom. The smallest absolute Gasteiger partial charge is 0.343 e. The van der Waals surface area contributed by atoms with Gasteiger partial charge in [0, 0.05) is 5.02 Å². The van der Waals surface area contributed by atoms with Crippen LogP contribution in [0.1, 0.15) is 22.8 Å². The van der Waals surface area contributed by atoms with Crippen molar-refractivity contribution in [3.63, 3.8) is 0 Å². The number of ether oxygens (including phenoxy) is 3. The molecule has 1 atom stereocenters. The highest BCUT2D eigenvalue weighted by Gasteiger charge is 2.16. The molecule has 3 aromatic carbocycles. The normalized spacial score (nSPS) is 11.6. The van der Waals surface area contributed by atoms with Crippen molar-refractivity contribution in [2.45, 2.75) is 13.0 Å². The molecular formula is C24H20Cl2N2O5. The average Bonchev–Trinajstić information content (AvgIpc) is 2.81. The van der Waals surface area contributed by atoms with Gasteiger partial charge in [0.25, 0.3) is 5.91 Å². The van der Waals surface area contributed by atoms with Gasteiger partial charge in [0.05, 0.1) is 23.9 Å². The minimum Gasteiger partial charge on any atom is -0.497 e. The highest BCUT2D eigenvalue weighted by atomic mass is 35.5. The van der Waals surface area contributed by atoms with Crippen molar-refractivity contribution in [2.24, 2.45) is 5.10 Å². The summed E-state index contributed by atoms with van der Waals surface area (Å²) < 4.78 is 16.0. The maximum atomic E-state index is 12.3. The van der Waals surface area contributed by atoms with Gasteiger partial charge < -0.3 is 14.2 Å². The Bertz CT molecular complexity index is 1170. The Morgan fingerprint density at radius 1 is 1.00 bits per heavy atom. The van der Waals surface area contributed by atoms with Crippen LogP contribution in [0.15, 0.2) is 71.8 Å². The minimum atomic E-state index is -0.849. The van der Waals surface area contributed by atoms with E-state index in [1.807, 2.05) is 0 Å². The Balaban J connectivity index is 1.56. The average molecular weight is 487 g/mol. The van der Waals surface area contributed by atoms with Gasteiger partial charge in [0.15, 0.2) is 6.10 Å². The summed E-state index contributed by atoms with van der Waals surface area (Å²) >= 11 is 11.9. The molecule has 0 fully saturated rings. The largest absolute Gasteiger partial charge is 0.497 e. The van der Waals surface area contributed by atoms with Crippen LogP contribution in [-0.2, 0) is 4.79 Å². The molecule has 0 aliphatic rings. The number of hydrazone groups is 1. The highest BCUT2D eigenvalue weighted by Crippen LogP contribution is 2.28. The lowest BCUT2D eigenvalue weighted by Gasteiger charge is -2.14.